The van der Waals surface area contributed by atoms with E-state index in [4.69, 9.17) is 5.73 Å². The number of nitrogens with two attached hydrogens (primary N) is 1. The highest BCUT2D eigenvalue weighted by Crippen LogP contribution is 2.19. The quantitative estimate of drug-likeness (QED) is 0.760. The molecule has 1 amide bonds. The fourth-order valence-electron chi connectivity index (χ4n) is 1.96. The van der Waals surface area contributed by atoms with Gasteiger partial charge in [-0.25, -0.2) is 0 Å². The topological polar surface area (TPSA) is 58.4 Å². The predicted octanol–water partition coefficient (Wildman–Crippen LogP) is 0.470. The summed E-state index contributed by atoms with van der Waals surface area (Å²) in [5.41, 5.74) is 7.74. The molecule has 86 valence electrons. The van der Waals surface area contributed by atoms with E-state index in [1.54, 1.807) is 0 Å². The number of piperazine rings is 1. The van der Waals surface area contributed by atoms with Gasteiger partial charge in [0.25, 0.3) is 0 Å². The van der Waals surface area contributed by atoms with Gasteiger partial charge in [0, 0.05) is 25.3 Å². The Balaban J connectivity index is 2.19. The lowest BCUT2D eigenvalue weighted by Crippen LogP contribution is -2.54. The fraction of sp³-hybridized carbons (Fsp3) is 0.417. The SMILES string of the molecule is CC1C(=O)NCCN1c1ccc(CN)cc1. The molecule has 16 heavy (non-hydrogen) atoms. The maximum Gasteiger partial charge on any atom is 0.242 e. The molecule has 0 bridgehead atoms. The number of amides is 1. The van der Waals surface area contributed by atoms with Crippen LogP contribution in [0.3, 0.4) is 0 Å². The van der Waals surface area contributed by atoms with Gasteiger partial charge in [-0.1, -0.05) is 12.1 Å². The van der Waals surface area contributed by atoms with Crippen LogP contribution in [-0.4, -0.2) is 25.0 Å². The zero-order valence-corrected chi connectivity index (χ0v) is 9.44. The third-order valence-electron chi connectivity index (χ3n) is 3.00. The standard InChI is InChI=1S/C12H17N3O/c1-9-12(16)14-6-7-15(9)11-4-2-10(8-13)3-5-11/h2-5,9H,6-8,13H2,1H3,(H,14,16). The van der Waals surface area contributed by atoms with Crippen LogP contribution in [0.25, 0.3) is 0 Å². The molecule has 0 radical (unpaired) electrons. The van der Waals surface area contributed by atoms with Crippen molar-refractivity contribution < 1.29 is 4.79 Å². The maximum absolute atomic E-state index is 11.5. The number of nitrogens with one attached hydrogen (secondary N) is 1. The van der Waals surface area contributed by atoms with Gasteiger partial charge in [-0.3, -0.25) is 4.79 Å². The molecule has 1 aromatic rings. The Labute approximate surface area is 95.4 Å². The highest BCUT2D eigenvalue weighted by molar-refractivity contribution is 5.86. The van der Waals surface area contributed by atoms with Gasteiger partial charge in [0.05, 0.1) is 0 Å². The van der Waals surface area contributed by atoms with Crippen molar-refractivity contribution >= 4 is 11.6 Å². The van der Waals surface area contributed by atoms with Gasteiger partial charge in [-0.15, -0.1) is 0 Å². The molecule has 1 saturated heterocycles. The number of carbonyl (C=O) groups excluding carboxylic acids is 1. The van der Waals surface area contributed by atoms with Crippen molar-refractivity contribution in [2.24, 2.45) is 5.73 Å². The summed E-state index contributed by atoms with van der Waals surface area (Å²) in [6.45, 7) is 4.04. The molecule has 0 saturated carbocycles. The first-order valence-electron chi connectivity index (χ1n) is 5.55. The van der Waals surface area contributed by atoms with Gasteiger partial charge < -0.3 is 16.0 Å². The Bertz CT molecular complexity index is 374. The lowest BCUT2D eigenvalue weighted by atomic mass is 10.1. The number of anilines is 1. The summed E-state index contributed by atoms with van der Waals surface area (Å²) in [5.74, 6) is 0.0918. The molecule has 0 spiro atoms. The summed E-state index contributed by atoms with van der Waals surface area (Å²) in [5, 5.41) is 2.85. The normalized spacial score (nSPS) is 20.8. The minimum absolute atomic E-state index is 0.0918. The van der Waals surface area contributed by atoms with Crippen LogP contribution in [0.1, 0.15) is 12.5 Å². The summed E-state index contributed by atoms with van der Waals surface area (Å²) in [7, 11) is 0. The van der Waals surface area contributed by atoms with Crippen LogP contribution in [0.2, 0.25) is 0 Å². The summed E-state index contributed by atoms with van der Waals surface area (Å²) in [6.07, 6.45) is 0. The lowest BCUT2D eigenvalue weighted by Gasteiger charge is -2.34. The van der Waals surface area contributed by atoms with Crippen molar-refractivity contribution in [2.45, 2.75) is 19.5 Å². The van der Waals surface area contributed by atoms with E-state index in [0.29, 0.717) is 13.1 Å². The summed E-state index contributed by atoms with van der Waals surface area (Å²) >= 11 is 0. The van der Waals surface area contributed by atoms with E-state index in [0.717, 1.165) is 17.8 Å². The molecule has 2 rings (SSSR count). The molecule has 1 aliphatic heterocycles. The smallest absolute Gasteiger partial charge is 0.242 e. The molecule has 0 aromatic heterocycles. The third kappa shape index (κ3) is 2.02. The third-order valence-corrected chi connectivity index (χ3v) is 3.00. The average molecular weight is 219 g/mol. The van der Waals surface area contributed by atoms with Crippen LogP contribution in [0.4, 0.5) is 5.69 Å². The van der Waals surface area contributed by atoms with Crippen LogP contribution < -0.4 is 16.0 Å². The number of hydrogen-bond donors (Lipinski definition) is 2. The minimum Gasteiger partial charge on any atom is -0.358 e. The Morgan fingerprint density at radius 3 is 2.75 bits per heavy atom. The maximum atomic E-state index is 11.5. The van der Waals surface area contributed by atoms with E-state index in [1.165, 1.54) is 0 Å². The second-order valence-corrected chi connectivity index (χ2v) is 4.03. The molecule has 1 heterocycles. The Morgan fingerprint density at radius 1 is 1.44 bits per heavy atom. The van der Waals surface area contributed by atoms with E-state index in [-0.39, 0.29) is 11.9 Å². The van der Waals surface area contributed by atoms with Gasteiger partial charge in [0.15, 0.2) is 0 Å². The Hall–Kier alpha value is -1.55. The molecule has 4 heteroatoms. The first-order valence-corrected chi connectivity index (χ1v) is 5.55. The lowest BCUT2D eigenvalue weighted by molar-refractivity contribution is -0.122. The van der Waals surface area contributed by atoms with Crippen LogP contribution >= 0.6 is 0 Å². The summed E-state index contributed by atoms with van der Waals surface area (Å²) in [6, 6.07) is 7.97. The van der Waals surface area contributed by atoms with E-state index >= 15 is 0 Å². The zero-order valence-electron chi connectivity index (χ0n) is 9.44. The van der Waals surface area contributed by atoms with E-state index in [9.17, 15) is 4.79 Å². The molecular formula is C12H17N3O. The van der Waals surface area contributed by atoms with Crippen molar-refractivity contribution in [1.82, 2.24) is 5.32 Å². The van der Waals surface area contributed by atoms with E-state index in [1.807, 2.05) is 31.2 Å². The first-order chi connectivity index (χ1) is 7.72. The minimum atomic E-state index is -0.0996. The molecule has 3 N–H and O–H groups in total. The van der Waals surface area contributed by atoms with Gasteiger partial charge >= 0.3 is 0 Å². The van der Waals surface area contributed by atoms with E-state index < -0.39 is 0 Å². The Morgan fingerprint density at radius 2 is 2.12 bits per heavy atom. The highest BCUT2D eigenvalue weighted by atomic mass is 16.2. The summed E-state index contributed by atoms with van der Waals surface area (Å²) < 4.78 is 0. The van der Waals surface area contributed by atoms with Crippen LogP contribution in [-0.2, 0) is 11.3 Å². The van der Waals surface area contributed by atoms with Crippen LogP contribution in [0.15, 0.2) is 24.3 Å². The number of benzene rings is 1. The average Bonchev–Trinajstić information content (AvgIpc) is 2.33. The fourth-order valence-corrected chi connectivity index (χ4v) is 1.96. The number of rotatable bonds is 2. The largest absolute Gasteiger partial charge is 0.358 e. The van der Waals surface area contributed by atoms with Crippen molar-refractivity contribution in [3.8, 4) is 0 Å². The highest BCUT2D eigenvalue weighted by Gasteiger charge is 2.25. The predicted molar refractivity (Wildman–Crippen MR) is 64.2 cm³/mol. The molecule has 0 aliphatic carbocycles. The van der Waals surface area contributed by atoms with E-state index in [2.05, 4.69) is 10.2 Å². The summed E-state index contributed by atoms with van der Waals surface area (Å²) in [4.78, 5) is 13.6. The molecular weight excluding hydrogens is 202 g/mol. The van der Waals surface area contributed by atoms with Gasteiger partial charge in [-0.2, -0.15) is 0 Å². The zero-order chi connectivity index (χ0) is 11.5. The Kier molecular flexibility index (Phi) is 3.10. The molecule has 1 atom stereocenters. The van der Waals surface area contributed by atoms with Gasteiger partial charge in [0.2, 0.25) is 5.91 Å². The second kappa shape index (κ2) is 4.53. The van der Waals surface area contributed by atoms with Gasteiger partial charge in [0.1, 0.15) is 6.04 Å². The number of nitrogens with zero attached hydrogens (tertiary/aromatic N) is 1. The van der Waals surface area contributed by atoms with Crippen molar-refractivity contribution in [3.63, 3.8) is 0 Å². The van der Waals surface area contributed by atoms with Crippen molar-refractivity contribution in [3.05, 3.63) is 29.8 Å². The van der Waals surface area contributed by atoms with Crippen LogP contribution in [0, 0.1) is 0 Å². The molecule has 1 fully saturated rings. The van der Waals surface area contributed by atoms with Crippen LogP contribution in [0.5, 0.6) is 0 Å². The molecule has 1 aliphatic rings. The molecule has 1 unspecified atom stereocenters. The number of carbonyl (C=O) groups is 1. The van der Waals surface area contributed by atoms with Crippen molar-refractivity contribution in [1.29, 1.82) is 0 Å². The number of hydrogen-bond acceptors (Lipinski definition) is 3. The monoisotopic (exact) mass is 219 g/mol. The molecule has 4 nitrogen and oxygen atoms in total. The second-order valence-electron chi connectivity index (χ2n) is 4.03. The first kappa shape index (κ1) is 11.0. The van der Waals surface area contributed by atoms with Gasteiger partial charge in [-0.05, 0) is 24.6 Å². The molecule has 1 aromatic carbocycles. The van der Waals surface area contributed by atoms with Crippen molar-refractivity contribution in [2.75, 3.05) is 18.0 Å².